The summed E-state index contributed by atoms with van der Waals surface area (Å²) in [5.74, 6) is 0.838. The molecule has 4 N–H and O–H groups in total. The minimum absolute atomic E-state index is 0.583. The molecular formula is C26H25N5. The molecule has 5 heteroatoms. The summed E-state index contributed by atoms with van der Waals surface area (Å²) in [5, 5.41) is 5.60. The quantitative estimate of drug-likeness (QED) is 0.363. The highest BCUT2D eigenvalue weighted by molar-refractivity contribution is 5.99. The normalized spacial score (nSPS) is 11.3. The topological polar surface area (TPSA) is 79.6 Å². The Labute approximate surface area is 181 Å². The molecule has 3 aromatic heterocycles. The van der Waals surface area contributed by atoms with Crippen LogP contribution >= 0.6 is 0 Å². The summed E-state index contributed by atoms with van der Waals surface area (Å²) in [7, 11) is 0. The molecule has 5 nitrogen and oxygen atoms in total. The third-order valence-corrected chi connectivity index (χ3v) is 5.84. The molecule has 0 saturated heterocycles. The van der Waals surface area contributed by atoms with E-state index >= 15 is 0 Å². The maximum absolute atomic E-state index is 5.55. The van der Waals surface area contributed by atoms with Crippen LogP contribution in [0.5, 0.6) is 0 Å². The molecule has 0 amide bonds. The first kappa shape index (κ1) is 19.3. The minimum atomic E-state index is 0.583. The summed E-state index contributed by atoms with van der Waals surface area (Å²) in [5.41, 5.74) is 14.7. The molecule has 0 spiro atoms. The van der Waals surface area contributed by atoms with E-state index in [4.69, 9.17) is 5.73 Å². The van der Waals surface area contributed by atoms with Crippen molar-refractivity contribution < 1.29 is 0 Å². The van der Waals surface area contributed by atoms with Crippen molar-refractivity contribution in [2.45, 2.75) is 13.8 Å². The van der Waals surface area contributed by atoms with E-state index in [1.807, 2.05) is 24.5 Å². The lowest BCUT2D eigenvalue weighted by Gasteiger charge is -2.09. The van der Waals surface area contributed by atoms with Crippen molar-refractivity contribution in [3.05, 3.63) is 78.1 Å². The van der Waals surface area contributed by atoms with Gasteiger partial charge in [0.05, 0.1) is 11.2 Å². The smallest absolute Gasteiger partial charge is 0.125 e. The summed E-state index contributed by atoms with van der Waals surface area (Å²) in [6.45, 7) is 5.55. The Hall–Kier alpha value is -3.70. The number of aromatic amines is 1. The van der Waals surface area contributed by atoms with Crippen LogP contribution in [0.15, 0.2) is 67.0 Å². The largest absolute Gasteiger partial charge is 0.369 e. The van der Waals surface area contributed by atoms with Crippen LogP contribution in [-0.4, -0.2) is 28.0 Å². The number of rotatable bonds is 5. The number of anilines is 1. The van der Waals surface area contributed by atoms with Crippen molar-refractivity contribution >= 4 is 27.6 Å². The second-order valence-corrected chi connectivity index (χ2v) is 7.86. The van der Waals surface area contributed by atoms with Gasteiger partial charge in [-0.15, -0.1) is 0 Å². The minimum Gasteiger partial charge on any atom is -0.369 e. The zero-order chi connectivity index (χ0) is 21.4. The Morgan fingerprint density at radius 3 is 2.61 bits per heavy atom. The van der Waals surface area contributed by atoms with Crippen LogP contribution < -0.4 is 11.1 Å². The molecule has 154 valence electrons. The van der Waals surface area contributed by atoms with Gasteiger partial charge in [-0.2, -0.15) is 0 Å². The summed E-state index contributed by atoms with van der Waals surface area (Å²) in [6, 6.07) is 19.2. The van der Waals surface area contributed by atoms with Gasteiger partial charge in [0.25, 0.3) is 0 Å². The summed E-state index contributed by atoms with van der Waals surface area (Å²) < 4.78 is 0. The van der Waals surface area contributed by atoms with E-state index < -0.39 is 0 Å². The zero-order valence-corrected chi connectivity index (χ0v) is 17.7. The molecule has 5 rings (SSSR count). The van der Waals surface area contributed by atoms with Gasteiger partial charge in [-0.05, 0) is 60.4 Å². The summed E-state index contributed by atoms with van der Waals surface area (Å²) in [4.78, 5) is 12.7. The van der Waals surface area contributed by atoms with Crippen LogP contribution in [-0.2, 0) is 0 Å². The molecule has 0 aliphatic heterocycles. The Morgan fingerprint density at radius 2 is 1.81 bits per heavy atom. The lowest BCUT2D eigenvalue weighted by atomic mass is 9.97. The van der Waals surface area contributed by atoms with Gasteiger partial charge in [0.1, 0.15) is 5.82 Å². The molecule has 3 heterocycles. The van der Waals surface area contributed by atoms with Crippen molar-refractivity contribution in [2.75, 3.05) is 18.4 Å². The average molecular weight is 408 g/mol. The third-order valence-electron chi connectivity index (χ3n) is 5.84. The number of aryl methyl sites for hydroxylation is 2. The third kappa shape index (κ3) is 3.43. The van der Waals surface area contributed by atoms with Gasteiger partial charge in [-0.1, -0.05) is 30.3 Å². The number of aromatic nitrogens is 3. The standard InChI is InChI=1S/C26H25N5/c1-16-5-8-21(22-4-3-12-29-25(16)22)18-6-9-20-17(2)26(31-23(20)14-18)19-7-10-24(30-15-19)28-13-11-27/h3-10,12,14-15,31H,11,13,27H2,1-2H3,(H,28,30). The maximum atomic E-state index is 5.55. The van der Waals surface area contributed by atoms with Crippen LogP contribution in [0.3, 0.4) is 0 Å². The van der Waals surface area contributed by atoms with E-state index in [-0.39, 0.29) is 0 Å². The fourth-order valence-corrected chi connectivity index (χ4v) is 4.21. The number of hydrogen-bond acceptors (Lipinski definition) is 4. The molecule has 0 aliphatic carbocycles. The Bertz CT molecular complexity index is 1380. The molecule has 0 fully saturated rings. The predicted octanol–water partition coefficient (Wildman–Crippen LogP) is 5.43. The summed E-state index contributed by atoms with van der Waals surface area (Å²) in [6.07, 6.45) is 3.75. The molecule has 0 saturated carbocycles. The number of pyridine rings is 2. The fourth-order valence-electron chi connectivity index (χ4n) is 4.21. The molecule has 31 heavy (non-hydrogen) atoms. The van der Waals surface area contributed by atoms with E-state index in [0.29, 0.717) is 13.1 Å². The molecule has 0 unspecified atom stereocenters. The van der Waals surface area contributed by atoms with Crippen LogP contribution in [0, 0.1) is 13.8 Å². The lowest BCUT2D eigenvalue weighted by molar-refractivity contribution is 1.01. The van der Waals surface area contributed by atoms with Crippen molar-refractivity contribution in [3.63, 3.8) is 0 Å². The van der Waals surface area contributed by atoms with Crippen molar-refractivity contribution in [2.24, 2.45) is 5.73 Å². The molecule has 0 atom stereocenters. The van der Waals surface area contributed by atoms with Gasteiger partial charge in [0.2, 0.25) is 0 Å². The fraction of sp³-hybridized carbons (Fsp3) is 0.154. The van der Waals surface area contributed by atoms with Gasteiger partial charge in [-0.25, -0.2) is 4.98 Å². The molecule has 2 aromatic carbocycles. The van der Waals surface area contributed by atoms with Gasteiger partial charge in [0.15, 0.2) is 0 Å². The van der Waals surface area contributed by atoms with E-state index in [0.717, 1.165) is 28.1 Å². The Morgan fingerprint density at radius 1 is 0.935 bits per heavy atom. The second kappa shape index (κ2) is 7.85. The predicted molar refractivity (Wildman–Crippen MR) is 129 cm³/mol. The van der Waals surface area contributed by atoms with E-state index in [1.165, 1.54) is 33.0 Å². The number of nitrogens with one attached hydrogen (secondary N) is 2. The monoisotopic (exact) mass is 407 g/mol. The Kier molecular flexibility index (Phi) is 4.88. The first-order chi connectivity index (χ1) is 15.2. The van der Waals surface area contributed by atoms with Crippen molar-refractivity contribution in [1.29, 1.82) is 0 Å². The molecular weight excluding hydrogens is 382 g/mol. The average Bonchev–Trinajstić information content (AvgIpc) is 3.14. The molecule has 0 radical (unpaired) electrons. The molecule has 0 aliphatic rings. The van der Waals surface area contributed by atoms with E-state index in [1.54, 1.807) is 0 Å². The van der Waals surface area contributed by atoms with Crippen LogP contribution in [0.25, 0.3) is 44.2 Å². The number of hydrogen-bond donors (Lipinski definition) is 3. The van der Waals surface area contributed by atoms with Crippen LogP contribution in [0.2, 0.25) is 0 Å². The van der Waals surface area contributed by atoms with Gasteiger partial charge in [-0.3, -0.25) is 4.98 Å². The van der Waals surface area contributed by atoms with Crippen molar-refractivity contribution in [1.82, 2.24) is 15.0 Å². The van der Waals surface area contributed by atoms with Crippen LogP contribution in [0.4, 0.5) is 5.82 Å². The summed E-state index contributed by atoms with van der Waals surface area (Å²) >= 11 is 0. The van der Waals surface area contributed by atoms with Gasteiger partial charge < -0.3 is 16.0 Å². The number of fused-ring (bicyclic) bond motifs is 2. The number of nitrogens with zero attached hydrogens (tertiary/aromatic N) is 2. The lowest BCUT2D eigenvalue weighted by Crippen LogP contribution is -2.13. The second-order valence-electron chi connectivity index (χ2n) is 7.86. The highest BCUT2D eigenvalue weighted by atomic mass is 15.0. The molecule has 0 bridgehead atoms. The highest BCUT2D eigenvalue weighted by Gasteiger charge is 2.13. The SMILES string of the molecule is Cc1c(-c2ccc(NCCN)nc2)[nH]c2cc(-c3ccc(C)c4ncccc34)ccc12. The number of H-pyrrole nitrogens is 1. The molecule has 5 aromatic rings. The number of nitrogens with two attached hydrogens (primary N) is 1. The van der Waals surface area contributed by atoms with Gasteiger partial charge in [0, 0.05) is 47.3 Å². The highest BCUT2D eigenvalue weighted by Crippen LogP contribution is 2.35. The maximum Gasteiger partial charge on any atom is 0.125 e. The Balaban J connectivity index is 1.57. The van der Waals surface area contributed by atoms with Crippen molar-refractivity contribution in [3.8, 4) is 22.4 Å². The number of benzene rings is 2. The van der Waals surface area contributed by atoms with Crippen LogP contribution in [0.1, 0.15) is 11.1 Å². The first-order valence-electron chi connectivity index (χ1n) is 10.5. The van der Waals surface area contributed by atoms with E-state index in [9.17, 15) is 0 Å². The zero-order valence-electron chi connectivity index (χ0n) is 17.7. The van der Waals surface area contributed by atoms with E-state index in [2.05, 4.69) is 76.6 Å². The first-order valence-corrected chi connectivity index (χ1v) is 10.5. The van der Waals surface area contributed by atoms with Gasteiger partial charge >= 0.3 is 0 Å².